The summed E-state index contributed by atoms with van der Waals surface area (Å²) in [5.41, 5.74) is 0.770. The van der Waals surface area contributed by atoms with Crippen LogP contribution in [-0.2, 0) is 11.3 Å². The second kappa shape index (κ2) is 8.80. The maximum atomic E-state index is 13.1. The molecule has 1 atom stereocenters. The SMILES string of the molecule is CCCCN(C(=O)Cn1cnc2scc(-c3cccs3)c2c1=O)C(C)CC. The zero-order valence-electron chi connectivity index (χ0n) is 16.0. The van der Waals surface area contributed by atoms with Gasteiger partial charge in [0.1, 0.15) is 11.4 Å². The Morgan fingerprint density at radius 1 is 1.33 bits per heavy atom. The molecule has 5 nitrogen and oxygen atoms in total. The van der Waals surface area contributed by atoms with Gasteiger partial charge in [-0.25, -0.2) is 4.98 Å². The van der Waals surface area contributed by atoms with Crippen LogP contribution in [0.3, 0.4) is 0 Å². The number of fused-ring (bicyclic) bond motifs is 1. The fraction of sp³-hybridized carbons (Fsp3) is 0.450. The molecule has 27 heavy (non-hydrogen) atoms. The molecule has 1 unspecified atom stereocenters. The van der Waals surface area contributed by atoms with Crippen LogP contribution in [0.2, 0.25) is 0 Å². The average Bonchev–Trinajstić information content (AvgIpc) is 3.33. The van der Waals surface area contributed by atoms with Gasteiger partial charge in [-0.15, -0.1) is 22.7 Å². The van der Waals surface area contributed by atoms with Crippen molar-refractivity contribution in [1.29, 1.82) is 0 Å². The maximum absolute atomic E-state index is 13.1. The summed E-state index contributed by atoms with van der Waals surface area (Å²) in [5, 5.41) is 4.58. The van der Waals surface area contributed by atoms with Crippen molar-refractivity contribution >= 4 is 38.8 Å². The molecule has 144 valence electrons. The van der Waals surface area contributed by atoms with Gasteiger partial charge in [-0.1, -0.05) is 26.3 Å². The molecule has 7 heteroatoms. The van der Waals surface area contributed by atoms with Crippen LogP contribution in [0.1, 0.15) is 40.0 Å². The molecule has 3 heterocycles. The largest absolute Gasteiger partial charge is 0.338 e. The molecule has 0 saturated heterocycles. The van der Waals surface area contributed by atoms with E-state index >= 15 is 0 Å². The number of amides is 1. The van der Waals surface area contributed by atoms with Crippen molar-refractivity contribution in [3.63, 3.8) is 0 Å². The van der Waals surface area contributed by atoms with Crippen LogP contribution in [0.5, 0.6) is 0 Å². The van der Waals surface area contributed by atoms with Gasteiger partial charge in [0.2, 0.25) is 5.91 Å². The van der Waals surface area contributed by atoms with Gasteiger partial charge in [-0.05, 0) is 31.2 Å². The van der Waals surface area contributed by atoms with Gasteiger partial charge >= 0.3 is 0 Å². The summed E-state index contributed by atoms with van der Waals surface area (Å²) in [4.78, 5) is 34.1. The first kappa shape index (κ1) is 19.8. The predicted octanol–water partition coefficient (Wildman–Crippen LogP) is 4.61. The van der Waals surface area contributed by atoms with Crippen molar-refractivity contribution in [3.05, 3.63) is 39.6 Å². The second-order valence-electron chi connectivity index (χ2n) is 6.68. The highest BCUT2D eigenvalue weighted by Gasteiger charge is 2.20. The van der Waals surface area contributed by atoms with Gasteiger partial charge in [0, 0.05) is 28.4 Å². The van der Waals surface area contributed by atoms with E-state index in [1.54, 1.807) is 11.3 Å². The first-order chi connectivity index (χ1) is 13.1. The van der Waals surface area contributed by atoms with Gasteiger partial charge in [-0.2, -0.15) is 0 Å². The number of carbonyl (C=O) groups excluding carboxylic acids is 1. The Morgan fingerprint density at radius 2 is 2.15 bits per heavy atom. The molecule has 3 rings (SSSR count). The number of thiophene rings is 2. The summed E-state index contributed by atoms with van der Waals surface area (Å²) in [6, 6.07) is 4.14. The zero-order chi connectivity index (χ0) is 19.4. The molecule has 0 spiro atoms. The Labute approximate surface area is 167 Å². The molecular formula is C20H25N3O2S2. The third-order valence-corrected chi connectivity index (χ3v) is 6.64. The summed E-state index contributed by atoms with van der Waals surface area (Å²) >= 11 is 3.07. The van der Waals surface area contributed by atoms with E-state index in [1.165, 1.54) is 22.2 Å². The first-order valence-corrected chi connectivity index (χ1v) is 11.1. The number of carbonyl (C=O) groups is 1. The lowest BCUT2D eigenvalue weighted by atomic mass is 10.2. The van der Waals surface area contributed by atoms with Gasteiger partial charge in [0.05, 0.1) is 11.7 Å². The highest BCUT2D eigenvalue weighted by Crippen LogP contribution is 2.33. The molecule has 3 aromatic heterocycles. The van der Waals surface area contributed by atoms with Crippen LogP contribution >= 0.6 is 22.7 Å². The molecule has 0 bridgehead atoms. The van der Waals surface area contributed by atoms with Crippen LogP contribution < -0.4 is 5.56 Å². The highest BCUT2D eigenvalue weighted by atomic mass is 32.1. The quantitative estimate of drug-likeness (QED) is 0.552. The minimum absolute atomic E-state index is 0.0195. The molecule has 0 saturated carbocycles. The lowest BCUT2D eigenvalue weighted by Gasteiger charge is -2.28. The summed E-state index contributed by atoms with van der Waals surface area (Å²) in [6.45, 7) is 7.02. The van der Waals surface area contributed by atoms with E-state index in [4.69, 9.17) is 0 Å². The van der Waals surface area contributed by atoms with E-state index in [0.717, 1.165) is 41.1 Å². The Hall–Kier alpha value is -1.99. The van der Waals surface area contributed by atoms with E-state index in [1.807, 2.05) is 27.8 Å². The van der Waals surface area contributed by atoms with Crippen molar-refractivity contribution in [2.45, 2.75) is 52.6 Å². The summed E-state index contributed by atoms with van der Waals surface area (Å²) in [5.74, 6) is -0.0195. The second-order valence-corrected chi connectivity index (χ2v) is 8.49. The standard InChI is InChI=1S/C20H25N3O2S2/c1-4-6-9-23(14(3)5-2)17(24)11-22-13-21-19-18(20(22)25)15(12-27-19)16-8-7-10-26-16/h7-8,10,12-14H,4-6,9,11H2,1-3H3. The molecule has 0 aliphatic carbocycles. The van der Waals surface area contributed by atoms with Crippen LogP contribution in [-0.4, -0.2) is 32.9 Å². The number of hydrogen-bond acceptors (Lipinski definition) is 5. The summed E-state index contributed by atoms with van der Waals surface area (Å²) < 4.78 is 1.45. The van der Waals surface area contributed by atoms with Gasteiger partial charge in [0.15, 0.2) is 0 Å². The van der Waals surface area contributed by atoms with E-state index in [2.05, 4.69) is 25.8 Å². The number of unbranched alkanes of at least 4 members (excludes halogenated alkanes) is 1. The minimum atomic E-state index is -0.141. The Kier molecular flexibility index (Phi) is 6.44. The number of rotatable bonds is 8. The van der Waals surface area contributed by atoms with Crippen LogP contribution in [0.4, 0.5) is 0 Å². The van der Waals surface area contributed by atoms with E-state index in [0.29, 0.717) is 5.39 Å². The van der Waals surface area contributed by atoms with Crippen LogP contribution in [0.25, 0.3) is 20.7 Å². The molecule has 0 fully saturated rings. The third-order valence-electron chi connectivity index (χ3n) is 4.85. The Balaban J connectivity index is 1.92. The minimum Gasteiger partial charge on any atom is -0.338 e. The van der Waals surface area contributed by atoms with Crippen molar-refractivity contribution in [2.75, 3.05) is 6.54 Å². The average molecular weight is 404 g/mol. The van der Waals surface area contributed by atoms with Crippen molar-refractivity contribution in [1.82, 2.24) is 14.5 Å². The molecule has 0 aliphatic heterocycles. The number of aromatic nitrogens is 2. The number of nitrogens with zero attached hydrogens (tertiary/aromatic N) is 3. The van der Waals surface area contributed by atoms with Gasteiger partial charge in [-0.3, -0.25) is 14.2 Å². The number of hydrogen-bond donors (Lipinski definition) is 0. The lowest BCUT2D eigenvalue weighted by molar-refractivity contribution is -0.134. The van der Waals surface area contributed by atoms with Crippen LogP contribution in [0.15, 0.2) is 34.0 Å². The Morgan fingerprint density at radius 3 is 2.81 bits per heavy atom. The molecule has 0 aromatic carbocycles. The fourth-order valence-electron chi connectivity index (χ4n) is 3.07. The monoisotopic (exact) mass is 403 g/mol. The topological polar surface area (TPSA) is 55.2 Å². The normalized spacial score (nSPS) is 12.4. The zero-order valence-corrected chi connectivity index (χ0v) is 17.6. The van der Waals surface area contributed by atoms with Crippen LogP contribution in [0, 0.1) is 0 Å². The molecule has 0 aliphatic rings. The van der Waals surface area contributed by atoms with Crippen molar-refractivity contribution < 1.29 is 4.79 Å². The molecular weight excluding hydrogens is 378 g/mol. The third kappa shape index (κ3) is 4.14. The first-order valence-electron chi connectivity index (χ1n) is 9.36. The molecule has 0 N–H and O–H groups in total. The predicted molar refractivity (Wildman–Crippen MR) is 114 cm³/mol. The fourth-order valence-corrected chi connectivity index (χ4v) is 4.79. The summed E-state index contributed by atoms with van der Waals surface area (Å²) in [6.07, 6.45) is 4.41. The lowest BCUT2D eigenvalue weighted by Crippen LogP contribution is -2.42. The smallest absolute Gasteiger partial charge is 0.263 e. The van der Waals surface area contributed by atoms with E-state index < -0.39 is 0 Å². The molecule has 0 radical (unpaired) electrons. The van der Waals surface area contributed by atoms with Gasteiger partial charge < -0.3 is 4.90 Å². The van der Waals surface area contributed by atoms with E-state index in [-0.39, 0.29) is 24.1 Å². The van der Waals surface area contributed by atoms with E-state index in [9.17, 15) is 9.59 Å². The Bertz CT molecular complexity index is 959. The van der Waals surface area contributed by atoms with Crippen molar-refractivity contribution in [2.24, 2.45) is 0 Å². The highest BCUT2D eigenvalue weighted by molar-refractivity contribution is 7.18. The maximum Gasteiger partial charge on any atom is 0.263 e. The van der Waals surface area contributed by atoms with Crippen molar-refractivity contribution in [3.8, 4) is 10.4 Å². The molecule has 1 amide bonds. The summed E-state index contributed by atoms with van der Waals surface area (Å²) in [7, 11) is 0. The molecule has 3 aromatic rings. The van der Waals surface area contributed by atoms with Gasteiger partial charge in [0.25, 0.3) is 5.56 Å².